The van der Waals surface area contributed by atoms with Crippen molar-refractivity contribution in [3.63, 3.8) is 0 Å². The molecule has 1 rings (SSSR count). The van der Waals surface area contributed by atoms with Crippen molar-refractivity contribution in [1.29, 1.82) is 0 Å². The molecular weight excluding hydrogens is 166 g/mol. The molecule has 0 aliphatic carbocycles. The van der Waals surface area contributed by atoms with Crippen molar-refractivity contribution >= 4 is 0 Å². The highest BCUT2D eigenvalue weighted by molar-refractivity contribution is 5.22. The monoisotopic (exact) mass is 181 g/mol. The van der Waals surface area contributed by atoms with E-state index in [1.807, 2.05) is 6.07 Å². The van der Waals surface area contributed by atoms with Gasteiger partial charge in [0.1, 0.15) is 0 Å². The van der Waals surface area contributed by atoms with E-state index in [-0.39, 0.29) is 0 Å². The van der Waals surface area contributed by atoms with E-state index in [9.17, 15) is 0 Å². The molecule has 0 spiro atoms. The maximum absolute atomic E-state index is 5.51. The van der Waals surface area contributed by atoms with Gasteiger partial charge >= 0.3 is 0 Å². The van der Waals surface area contributed by atoms with Gasteiger partial charge in [-0.05, 0) is 12.0 Å². The highest BCUT2D eigenvalue weighted by Gasteiger charge is 2.04. The van der Waals surface area contributed by atoms with Crippen LogP contribution in [0, 0.1) is 5.92 Å². The van der Waals surface area contributed by atoms with E-state index in [2.05, 4.69) is 24.0 Å². The van der Waals surface area contributed by atoms with E-state index in [1.165, 1.54) is 0 Å². The fourth-order valence-corrected chi connectivity index (χ4v) is 0.867. The van der Waals surface area contributed by atoms with E-state index >= 15 is 0 Å². The Hall–Kier alpha value is -1.16. The quantitative estimate of drug-likeness (QED) is 0.751. The lowest BCUT2D eigenvalue weighted by molar-refractivity contribution is 0.256. The molecule has 2 N–H and O–H groups in total. The number of ether oxygens (including phenoxy) is 1. The van der Waals surface area contributed by atoms with E-state index in [4.69, 9.17) is 10.5 Å². The first-order chi connectivity index (χ1) is 6.24. The Balaban J connectivity index is 2.64. The first kappa shape index (κ1) is 9.92. The normalized spacial score (nSPS) is 10.5. The molecule has 0 aliphatic rings. The molecule has 0 bridgehead atoms. The van der Waals surface area contributed by atoms with Crippen molar-refractivity contribution in [3.05, 3.63) is 17.8 Å². The van der Waals surface area contributed by atoms with E-state index in [0.717, 1.165) is 5.56 Å². The van der Waals surface area contributed by atoms with Gasteiger partial charge in [-0.2, -0.15) is 5.10 Å². The second kappa shape index (κ2) is 4.77. The smallest absolute Gasteiger partial charge is 0.237 e. The second-order valence-corrected chi connectivity index (χ2v) is 3.27. The zero-order valence-corrected chi connectivity index (χ0v) is 8.03. The summed E-state index contributed by atoms with van der Waals surface area (Å²) in [7, 11) is 0. The number of hydrogen-bond acceptors (Lipinski definition) is 4. The molecule has 0 radical (unpaired) electrons. The van der Waals surface area contributed by atoms with Crippen LogP contribution in [0.2, 0.25) is 0 Å². The van der Waals surface area contributed by atoms with Gasteiger partial charge in [0.15, 0.2) is 0 Å². The Labute approximate surface area is 78.1 Å². The molecule has 1 heterocycles. The van der Waals surface area contributed by atoms with Gasteiger partial charge in [0.2, 0.25) is 5.88 Å². The van der Waals surface area contributed by atoms with E-state index < -0.39 is 0 Å². The maximum Gasteiger partial charge on any atom is 0.237 e. The Morgan fingerprint density at radius 1 is 1.54 bits per heavy atom. The minimum atomic E-state index is 0.433. The van der Waals surface area contributed by atoms with Gasteiger partial charge in [-0.25, -0.2) is 0 Å². The molecule has 4 heteroatoms. The number of nitrogens with zero attached hydrogens (tertiary/aromatic N) is 2. The lowest BCUT2D eigenvalue weighted by atomic mass is 10.2. The first-order valence-electron chi connectivity index (χ1n) is 4.37. The van der Waals surface area contributed by atoms with E-state index in [0.29, 0.717) is 24.9 Å². The van der Waals surface area contributed by atoms with Crippen molar-refractivity contribution in [1.82, 2.24) is 10.2 Å². The predicted octanol–water partition coefficient (Wildman–Crippen LogP) is 0.970. The molecule has 0 fully saturated rings. The van der Waals surface area contributed by atoms with Gasteiger partial charge in [0.05, 0.1) is 12.8 Å². The molecule has 72 valence electrons. The number of rotatable bonds is 4. The highest BCUT2D eigenvalue weighted by Crippen LogP contribution is 2.12. The van der Waals surface area contributed by atoms with Crippen LogP contribution < -0.4 is 10.5 Å². The summed E-state index contributed by atoms with van der Waals surface area (Å²) in [5.41, 5.74) is 6.41. The van der Waals surface area contributed by atoms with Gasteiger partial charge < -0.3 is 10.5 Å². The van der Waals surface area contributed by atoms with Gasteiger partial charge in [-0.15, -0.1) is 5.10 Å². The number of hydrogen-bond donors (Lipinski definition) is 1. The third-order valence-electron chi connectivity index (χ3n) is 1.54. The van der Waals surface area contributed by atoms with Crippen molar-refractivity contribution < 1.29 is 4.74 Å². The largest absolute Gasteiger partial charge is 0.476 e. The topological polar surface area (TPSA) is 61.0 Å². The number of aromatic nitrogens is 2. The summed E-state index contributed by atoms with van der Waals surface area (Å²) in [5, 5.41) is 7.61. The van der Waals surface area contributed by atoms with Crippen LogP contribution in [-0.4, -0.2) is 16.8 Å². The van der Waals surface area contributed by atoms with Crippen LogP contribution in [0.15, 0.2) is 12.3 Å². The summed E-state index contributed by atoms with van der Waals surface area (Å²) in [6.07, 6.45) is 1.62. The minimum Gasteiger partial charge on any atom is -0.476 e. The fraction of sp³-hybridized carbons (Fsp3) is 0.556. The van der Waals surface area contributed by atoms with Crippen molar-refractivity contribution in [2.45, 2.75) is 20.4 Å². The van der Waals surface area contributed by atoms with Crippen LogP contribution in [0.5, 0.6) is 5.88 Å². The summed E-state index contributed by atoms with van der Waals surface area (Å²) < 4.78 is 5.44. The Bertz CT molecular complexity index is 263. The summed E-state index contributed by atoms with van der Waals surface area (Å²) in [5.74, 6) is 1.03. The van der Waals surface area contributed by atoms with E-state index in [1.54, 1.807) is 6.20 Å². The van der Waals surface area contributed by atoms with Crippen molar-refractivity contribution in [3.8, 4) is 5.88 Å². The third kappa shape index (κ3) is 2.99. The molecule has 13 heavy (non-hydrogen) atoms. The fourth-order valence-electron chi connectivity index (χ4n) is 0.867. The Morgan fingerprint density at radius 3 is 2.92 bits per heavy atom. The molecule has 0 saturated heterocycles. The van der Waals surface area contributed by atoms with Crippen LogP contribution >= 0.6 is 0 Å². The summed E-state index contributed by atoms with van der Waals surface area (Å²) in [6, 6.07) is 1.82. The Kier molecular flexibility index (Phi) is 3.64. The van der Waals surface area contributed by atoms with Crippen LogP contribution in [0.3, 0.4) is 0 Å². The molecule has 0 amide bonds. The highest BCUT2D eigenvalue weighted by atomic mass is 16.5. The van der Waals surface area contributed by atoms with Crippen LogP contribution in [-0.2, 0) is 6.54 Å². The first-order valence-corrected chi connectivity index (χ1v) is 4.37. The van der Waals surface area contributed by atoms with Gasteiger partial charge in [-0.1, -0.05) is 13.8 Å². The second-order valence-electron chi connectivity index (χ2n) is 3.27. The zero-order valence-electron chi connectivity index (χ0n) is 8.03. The zero-order chi connectivity index (χ0) is 9.68. The SMILES string of the molecule is CC(C)COc1nnccc1CN. The van der Waals surface area contributed by atoms with Crippen molar-refractivity contribution in [2.75, 3.05) is 6.61 Å². The standard InChI is InChI=1S/C9H15N3O/c1-7(2)6-13-9-8(5-10)3-4-11-12-9/h3-4,7H,5-6,10H2,1-2H3. The molecule has 1 aromatic rings. The molecule has 4 nitrogen and oxygen atoms in total. The Morgan fingerprint density at radius 2 is 2.31 bits per heavy atom. The van der Waals surface area contributed by atoms with Crippen LogP contribution in [0.25, 0.3) is 0 Å². The van der Waals surface area contributed by atoms with Crippen LogP contribution in [0.1, 0.15) is 19.4 Å². The molecular formula is C9H15N3O. The molecule has 0 unspecified atom stereocenters. The average molecular weight is 181 g/mol. The summed E-state index contributed by atoms with van der Waals surface area (Å²) >= 11 is 0. The molecule has 1 aromatic heterocycles. The van der Waals surface area contributed by atoms with Gasteiger partial charge in [0, 0.05) is 12.1 Å². The molecule has 0 aromatic carbocycles. The van der Waals surface area contributed by atoms with Gasteiger partial charge in [0.25, 0.3) is 0 Å². The molecule has 0 aliphatic heterocycles. The van der Waals surface area contributed by atoms with Crippen molar-refractivity contribution in [2.24, 2.45) is 11.7 Å². The average Bonchev–Trinajstić information content (AvgIpc) is 2.15. The predicted molar refractivity (Wildman–Crippen MR) is 50.3 cm³/mol. The minimum absolute atomic E-state index is 0.433. The summed E-state index contributed by atoms with van der Waals surface area (Å²) in [4.78, 5) is 0. The third-order valence-corrected chi connectivity index (χ3v) is 1.54. The molecule has 0 atom stereocenters. The van der Waals surface area contributed by atoms with Crippen LogP contribution in [0.4, 0.5) is 0 Å². The van der Waals surface area contributed by atoms with Gasteiger partial charge in [-0.3, -0.25) is 0 Å². The maximum atomic E-state index is 5.51. The lowest BCUT2D eigenvalue weighted by Crippen LogP contribution is -2.09. The lowest BCUT2D eigenvalue weighted by Gasteiger charge is -2.09. The molecule has 0 saturated carbocycles. The number of nitrogens with two attached hydrogens (primary N) is 1. The summed E-state index contributed by atoms with van der Waals surface area (Å²) in [6.45, 7) is 5.24.